The van der Waals surface area contributed by atoms with Crippen LogP contribution in [0.1, 0.15) is 33.6 Å². The summed E-state index contributed by atoms with van der Waals surface area (Å²) >= 11 is 0. The highest BCUT2D eigenvalue weighted by atomic mass is 33.1. The smallest absolute Gasteiger partial charge is 0.377 e. The Morgan fingerprint density at radius 2 is 1.38 bits per heavy atom. The summed E-state index contributed by atoms with van der Waals surface area (Å²) in [4.78, 5) is 0.117. The zero-order valence-corrected chi connectivity index (χ0v) is 20.7. The molecule has 0 radical (unpaired) electrons. The molecule has 0 aliphatic carbocycles. The molecule has 0 aliphatic rings. The van der Waals surface area contributed by atoms with Gasteiger partial charge in [0.1, 0.15) is 0 Å². The lowest BCUT2D eigenvalue weighted by atomic mass is 10.5. The molecule has 1 unspecified atom stereocenters. The standard InChI is InChI=1S/C15H37NO6S2Si2/c1-7-20-26(21-8-2,22-9-3)15(11-12-16)24-23-13-10-14-25(17-4,18-5)19-6/h15H,7-14,16H2,1-6H3. The molecular formula is C15H37NO6S2Si2. The summed E-state index contributed by atoms with van der Waals surface area (Å²) in [5, 5.41) is 0. The van der Waals surface area contributed by atoms with Crippen molar-refractivity contribution in [2.75, 3.05) is 53.4 Å². The first kappa shape index (κ1) is 26.9. The van der Waals surface area contributed by atoms with Crippen LogP contribution in [0.5, 0.6) is 0 Å². The molecule has 0 aromatic carbocycles. The Morgan fingerprint density at radius 3 is 1.77 bits per heavy atom. The van der Waals surface area contributed by atoms with E-state index < -0.39 is 17.6 Å². The van der Waals surface area contributed by atoms with Gasteiger partial charge >= 0.3 is 17.6 Å². The van der Waals surface area contributed by atoms with Crippen molar-refractivity contribution in [3.05, 3.63) is 0 Å². The lowest BCUT2D eigenvalue weighted by Crippen LogP contribution is -2.55. The Kier molecular flexibility index (Phi) is 16.3. The Hall–Kier alpha value is 0.854. The average molecular weight is 448 g/mol. The zero-order valence-electron chi connectivity index (χ0n) is 17.1. The molecule has 0 bridgehead atoms. The van der Waals surface area contributed by atoms with Crippen LogP contribution < -0.4 is 5.73 Å². The SMILES string of the molecule is CCO[Si](OCC)(OCC)C(CCN)SSCCC[Si](OC)(OC)OC. The molecule has 0 saturated heterocycles. The van der Waals surface area contributed by atoms with Crippen LogP contribution in [-0.4, -0.2) is 75.9 Å². The fraction of sp³-hybridized carbons (Fsp3) is 1.00. The zero-order chi connectivity index (χ0) is 19.9. The van der Waals surface area contributed by atoms with Gasteiger partial charge in [-0.05, 0) is 40.2 Å². The number of nitrogens with two attached hydrogens (primary N) is 1. The van der Waals surface area contributed by atoms with Gasteiger partial charge in [0, 0.05) is 52.9 Å². The minimum absolute atomic E-state index is 0.117. The van der Waals surface area contributed by atoms with Gasteiger partial charge in [-0.2, -0.15) is 0 Å². The van der Waals surface area contributed by atoms with Gasteiger partial charge in [-0.1, -0.05) is 21.6 Å². The van der Waals surface area contributed by atoms with E-state index in [2.05, 4.69) is 0 Å². The second-order valence-corrected chi connectivity index (χ2v) is 14.3. The monoisotopic (exact) mass is 447 g/mol. The summed E-state index contributed by atoms with van der Waals surface area (Å²) < 4.78 is 34.5. The first-order chi connectivity index (χ1) is 12.5. The molecule has 0 saturated carbocycles. The van der Waals surface area contributed by atoms with Crippen LogP contribution in [0.3, 0.4) is 0 Å². The average Bonchev–Trinajstić information content (AvgIpc) is 2.65. The molecule has 2 N–H and O–H groups in total. The van der Waals surface area contributed by atoms with Crippen molar-refractivity contribution in [1.29, 1.82) is 0 Å². The highest BCUT2D eigenvalue weighted by Crippen LogP contribution is 2.37. The molecule has 158 valence electrons. The van der Waals surface area contributed by atoms with Crippen molar-refractivity contribution in [2.45, 2.75) is 44.5 Å². The van der Waals surface area contributed by atoms with Gasteiger partial charge in [0.05, 0.1) is 4.87 Å². The summed E-state index contributed by atoms with van der Waals surface area (Å²) in [5.41, 5.74) is 5.85. The highest BCUT2D eigenvalue weighted by molar-refractivity contribution is 8.77. The van der Waals surface area contributed by atoms with Gasteiger partial charge < -0.3 is 32.3 Å². The van der Waals surface area contributed by atoms with E-state index in [0.29, 0.717) is 26.4 Å². The lowest BCUT2D eigenvalue weighted by Gasteiger charge is -2.34. The van der Waals surface area contributed by atoms with E-state index in [-0.39, 0.29) is 4.87 Å². The molecule has 0 aromatic rings. The van der Waals surface area contributed by atoms with Crippen LogP contribution in [-0.2, 0) is 26.6 Å². The van der Waals surface area contributed by atoms with E-state index >= 15 is 0 Å². The first-order valence-electron chi connectivity index (χ1n) is 9.09. The summed E-state index contributed by atoms with van der Waals surface area (Å²) in [6.45, 7) is 8.21. The third-order valence-electron chi connectivity index (χ3n) is 3.69. The molecule has 0 aromatic heterocycles. The molecule has 7 nitrogen and oxygen atoms in total. The van der Waals surface area contributed by atoms with Crippen LogP contribution in [0.2, 0.25) is 6.04 Å². The summed E-state index contributed by atoms with van der Waals surface area (Å²) in [5.74, 6) is 0.950. The molecule has 11 heteroatoms. The number of hydrogen-bond donors (Lipinski definition) is 1. The molecule has 0 amide bonds. The predicted octanol–water partition coefficient (Wildman–Crippen LogP) is 2.94. The minimum atomic E-state index is -2.77. The number of rotatable bonds is 18. The van der Waals surface area contributed by atoms with Crippen LogP contribution >= 0.6 is 21.6 Å². The van der Waals surface area contributed by atoms with Gasteiger partial charge in [-0.15, -0.1) is 0 Å². The van der Waals surface area contributed by atoms with Gasteiger partial charge in [0.15, 0.2) is 0 Å². The maximum Gasteiger partial charge on any atom is 0.515 e. The molecule has 0 heterocycles. The molecule has 26 heavy (non-hydrogen) atoms. The fourth-order valence-electron chi connectivity index (χ4n) is 2.48. The van der Waals surface area contributed by atoms with Crippen molar-refractivity contribution in [3.63, 3.8) is 0 Å². The van der Waals surface area contributed by atoms with Crippen LogP contribution in [0.15, 0.2) is 0 Å². The van der Waals surface area contributed by atoms with E-state index in [1.165, 1.54) is 0 Å². The van der Waals surface area contributed by atoms with Crippen molar-refractivity contribution in [1.82, 2.24) is 0 Å². The normalized spacial score (nSPS) is 14.0. The Labute approximate surface area is 169 Å². The number of hydrogen-bond acceptors (Lipinski definition) is 9. The van der Waals surface area contributed by atoms with Gasteiger partial charge in [0.25, 0.3) is 0 Å². The van der Waals surface area contributed by atoms with Crippen LogP contribution in [0, 0.1) is 0 Å². The van der Waals surface area contributed by atoms with E-state index in [9.17, 15) is 0 Å². The van der Waals surface area contributed by atoms with E-state index in [1.807, 2.05) is 20.8 Å². The largest absolute Gasteiger partial charge is 0.515 e. The molecule has 0 fully saturated rings. The summed E-state index contributed by atoms with van der Waals surface area (Å²) in [7, 11) is 3.22. The Balaban J connectivity index is 4.73. The minimum Gasteiger partial charge on any atom is -0.377 e. The second kappa shape index (κ2) is 15.7. The second-order valence-electron chi connectivity index (χ2n) is 5.29. The summed E-state index contributed by atoms with van der Waals surface area (Å²) in [6, 6.07) is 0.788. The van der Waals surface area contributed by atoms with Crippen LogP contribution in [0.25, 0.3) is 0 Å². The molecule has 0 rings (SSSR count). The van der Waals surface area contributed by atoms with Gasteiger partial charge in [-0.3, -0.25) is 0 Å². The van der Waals surface area contributed by atoms with Crippen molar-refractivity contribution >= 4 is 39.2 Å². The van der Waals surface area contributed by atoms with Crippen LogP contribution in [0.4, 0.5) is 0 Å². The van der Waals surface area contributed by atoms with E-state index in [0.717, 1.165) is 24.6 Å². The van der Waals surface area contributed by atoms with Crippen molar-refractivity contribution in [2.24, 2.45) is 5.73 Å². The van der Waals surface area contributed by atoms with Gasteiger partial charge in [-0.25, -0.2) is 0 Å². The maximum absolute atomic E-state index is 6.04. The summed E-state index contributed by atoms with van der Waals surface area (Å²) in [6.07, 6.45) is 1.75. The van der Waals surface area contributed by atoms with Crippen molar-refractivity contribution < 1.29 is 26.6 Å². The Bertz CT molecular complexity index is 318. The molecule has 0 aliphatic heterocycles. The predicted molar refractivity (Wildman–Crippen MR) is 114 cm³/mol. The quantitative estimate of drug-likeness (QED) is 0.194. The third-order valence-corrected chi connectivity index (χ3v) is 14.1. The third kappa shape index (κ3) is 8.90. The maximum atomic E-state index is 6.04. The fourth-order valence-corrected chi connectivity index (χ4v) is 11.9. The molecular weight excluding hydrogens is 410 g/mol. The van der Waals surface area contributed by atoms with E-state index in [4.69, 9.17) is 32.3 Å². The highest BCUT2D eigenvalue weighted by Gasteiger charge is 2.49. The molecule has 0 spiro atoms. The van der Waals surface area contributed by atoms with Crippen molar-refractivity contribution in [3.8, 4) is 0 Å². The van der Waals surface area contributed by atoms with Gasteiger partial charge in [0.2, 0.25) is 0 Å². The lowest BCUT2D eigenvalue weighted by molar-refractivity contribution is 0.0691. The first-order valence-corrected chi connectivity index (χ1v) is 15.2. The topological polar surface area (TPSA) is 81.4 Å². The Morgan fingerprint density at radius 1 is 0.885 bits per heavy atom. The van der Waals surface area contributed by atoms with E-state index in [1.54, 1.807) is 42.9 Å². The molecule has 1 atom stereocenters.